The number of rotatable bonds is 2. The Balaban J connectivity index is 1.97. The van der Waals surface area contributed by atoms with Gasteiger partial charge in [0.05, 0.1) is 29.5 Å². The Kier molecular flexibility index (Phi) is 3.84. The SMILES string of the molecule is CC1CCC2OCCOC2C1S(=O)(=O)c1ccccc1. The Hall–Kier alpha value is -0.910. The molecule has 2 aliphatic rings. The topological polar surface area (TPSA) is 52.6 Å². The summed E-state index contributed by atoms with van der Waals surface area (Å²) >= 11 is 0. The van der Waals surface area contributed by atoms with Crippen molar-refractivity contribution in [3.05, 3.63) is 30.3 Å². The van der Waals surface area contributed by atoms with Gasteiger partial charge in [-0.3, -0.25) is 0 Å². The molecule has 0 spiro atoms. The molecule has 1 saturated carbocycles. The van der Waals surface area contributed by atoms with Crippen molar-refractivity contribution in [2.45, 2.75) is 42.1 Å². The molecule has 1 aromatic rings. The standard InChI is InChI=1S/C15H20O4S/c1-11-7-8-13-14(19-10-9-18-13)15(11)20(16,17)12-5-3-2-4-6-12/h2-6,11,13-15H,7-10H2,1H3. The fraction of sp³-hybridized carbons (Fsp3) is 0.600. The van der Waals surface area contributed by atoms with Gasteiger partial charge in [-0.2, -0.15) is 0 Å². The third-order valence-electron chi connectivity index (χ3n) is 4.31. The van der Waals surface area contributed by atoms with E-state index >= 15 is 0 Å². The summed E-state index contributed by atoms with van der Waals surface area (Å²) < 4.78 is 37.3. The second-order valence-electron chi connectivity index (χ2n) is 5.62. The molecule has 1 aliphatic heterocycles. The van der Waals surface area contributed by atoms with Gasteiger partial charge in [-0.15, -0.1) is 0 Å². The summed E-state index contributed by atoms with van der Waals surface area (Å²) in [7, 11) is -3.39. The van der Waals surface area contributed by atoms with Crippen LogP contribution < -0.4 is 0 Å². The smallest absolute Gasteiger partial charge is 0.184 e. The molecule has 4 unspecified atom stereocenters. The summed E-state index contributed by atoms with van der Waals surface area (Å²) in [4.78, 5) is 0.381. The van der Waals surface area contributed by atoms with Gasteiger partial charge >= 0.3 is 0 Å². The molecule has 1 aliphatic carbocycles. The second-order valence-corrected chi connectivity index (χ2v) is 7.73. The average Bonchev–Trinajstić information content (AvgIpc) is 2.47. The first-order valence-electron chi connectivity index (χ1n) is 7.13. The first-order valence-corrected chi connectivity index (χ1v) is 8.67. The lowest BCUT2D eigenvalue weighted by Crippen LogP contribution is -2.54. The van der Waals surface area contributed by atoms with Crippen LogP contribution in [-0.4, -0.2) is 39.1 Å². The van der Waals surface area contributed by atoms with E-state index in [4.69, 9.17) is 9.47 Å². The van der Waals surface area contributed by atoms with E-state index < -0.39 is 15.1 Å². The zero-order chi connectivity index (χ0) is 14.2. The van der Waals surface area contributed by atoms with Crippen LogP contribution in [0.1, 0.15) is 19.8 Å². The van der Waals surface area contributed by atoms with Crippen LogP contribution in [0.2, 0.25) is 0 Å². The maximum atomic E-state index is 12.9. The minimum absolute atomic E-state index is 0.0802. The Bertz CT molecular complexity index is 554. The highest BCUT2D eigenvalue weighted by atomic mass is 32.2. The fourth-order valence-electron chi connectivity index (χ4n) is 3.30. The summed E-state index contributed by atoms with van der Waals surface area (Å²) in [5, 5.41) is -0.510. The van der Waals surface area contributed by atoms with Gasteiger partial charge in [-0.05, 0) is 30.9 Å². The lowest BCUT2D eigenvalue weighted by molar-refractivity contribution is -0.158. The molecule has 20 heavy (non-hydrogen) atoms. The molecule has 1 aromatic carbocycles. The summed E-state index contributed by atoms with van der Waals surface area (Å²) in [5.41, 5.74) is 0. The van der Waals surface area contributed by atoms with Crippen molar-refractivity contribution in [3.8, 4) is 0 Å². The Labute approximate surface area is 120 Å². The molecule has 5 heteroatoms. The van der Waals surface area contributed by atoms with E-state index in [-0.39, 0.29) is 18.1 Å². The first kappa shape index (κ1) is 14.0. The number of sulfone groups is 1. The minimum atomic E-state index is -3.39. The van der Waals surface area contributed by atoms with Crippen molar-refractivity contribution in [3.63, 3.8) is 0 Å². The molecule has 0 bridgehead atoms. The van der Waals surface area contributed by atoms with Crippen molar-refractivity contribution in [2.24, 2.45) is 5.92 Å². The molecule has 110 valence electrons. The number of hydrogen-bond donors (Lipinski definition) is 0. The molecule has 4 nitrogen and oxygen atoms in total. The molecule has 0 amide bonds. The predicted molar refractivity (Wildman–Crippen MR) is 75.3 cm³/mol. The van der Waals surface area contributed by atoms with Gasteiger partial charge in [-0.1, -0.05) is 25.1 Å². The predicted octanol–water partition coefficient (Wildman–Crippen LogP) is 2.04. The highest BCUT2D eigenvalue weighted by Gasteiger charge is 2.47. The van der Waals surface area contributed by atoms with Crippen LogP contribution in [-0.2, 0) is 19.3 Å². The molecule has 1 saturated heterocycles. The normalized spacial score (nSPS) is 34.5. The van der Waals surface area contributed by atoms with Crippen LogP contribution in [0.3, 0.4) is 0 Å². The molecule has 0 radical (unpaired) electrons. The van der Waals surface area contributed by atoms with Crippen LogP contribution >= 0.6 is 0 Å². The second kappa shape index (κ2) is 5.47. The molecule has 4 atom stereocenters. The quantitative estimate of drug-likeness (QED) is 0.838. The largest absolute Gasteiger partial charge is 0.373 e. The van der Waals surface area contributed by atoms with Crippen LogP contribution in [0, 0.1) is 5.92 Å². The van der Waals surface area contributed by atoms with E-state index in [1.807, 2.05) is 13.0 Å². The summed E-state index contributed by atoms with van der Waals surface area (Å²) in [6.45, 7) is 3.04. The zero-order valence-corrected chi connectivity index (χ0v) is 12.4. The number of hydrogen-bond acceptors (Lipinski definition) is 4. The number of ether oxygens (including phenoxy) is 2. The van der Waals surface area contributed by atoms with Crippen LogP contribution in [0.5, 0.6) is 0 Å². The molecule has 2 fully saturated rings. The molecular formula is C15H20O4S. The van der Waals surface area contributed by atoms with Crippen LogP contribution in [0.25, 0.3) is 0 Å². The summed E-state index contributed by atoms with van der Waals surface area (Å²) in [5.74, 6) is 0.0863. The van der Waals surface area contributed by atoms with Crippen molar-refractivity contribution >= 4 is 9.84 Å². The number of benzene rings is 1. The molecule has 0 aromatic heterocycles. The monoisotopic (exact) mass is 296 g/mol. The molecule has 0 N–H and O–H groups in total. The zero-order valence-electron chi connectivity index (χ0n) is 11.6. The third-order valence-corrected chi connectivity index (χ3v) is 6.69. The third kappa shape index (κ3) is 2.38. The average molecular weight is 296 g/mol. The van der Waals surface area contributed by atoms with Gasteiger partial charge in [0.25, 0.3) is 0 Å². The Morgan fingerprint density at radius 2 is 1.75 bits per heavy atom. The van der Waals surface area contributed by atoms with Gasteiger partial charge in [-0.25, -0.2) is 8.42 Å². The maximum Gasteiger partial charge on any atom is 0.184 e. The lowest BCUT2D eigenvalue weighted by atomic mass is 9.85. The van der Waals surface area contributed by atoms with Crippen molar-refractivity contribution < 1.29 is 17.9 Å². The van der Waals surface area contributed by atoms with Gasteiger partial charge in [0.1, 0.15) is 6.10 Å². The van der Waals surface area contributed by atoms with Gasteiger partial charge < -0.3 is 9.47 Å². The van der Waals surface area contributed by atoms with Crippen molar-refractivity contribution in [1.82, 2.24) is 0 Å². The molecular weight excluding hydrogens is 276 g/mol. The van der Waals surface area contributed by atoms with E-state index in [9.17, 15) is 8.42 Å². The Morgan fingerprint density at radius 1 is 1.05 bits per heavy atom. The first-order chi connectivity index (χ1) is 9.60. The van der Waals surface area contributed by atoms with E-state index in [2.05, 4.69) is 0 Å². The van der Waals surface area contributed by atoms with Crippen LogP contribution in [0.15, 0.2) is 35.2 Å². The molecule has 3 rings (SSSR count). The van der Waals surface area contributed by atoms with Gasteiger partial charge in [0.15, 0.2) is 9.84 Å². The van der Waals surface area contributed by atoms with Crippen molar-refractivity contribution in [1.29, 1.82) is 0 Å². The highest BCUT2D eigenvalue weighted by Crippen LogP contribution is 2.37. The summed E-state index contributed by atoms with van der Waals surface area (Å²) in [6, 6.07) is 8.67. The van der Waals surface area contributed by atoms with Gasteiger partial charge in [0.2, 0.25) is 0 Å². The lowest BCUT2D eigenvalue weighted by Gasteiger charge is -2.43. The maximum absolute atomic E-state index is 12.9. The van der Waals surface area contributed by atoms with Crippen LogP contribution in [0.4, 0.5) is 0 Å². The molecule has 1 heterocycles. The minimum Gasteiger partial charge on any atom is -0.373 e. The van der Waals surface area contributed by atoms with Crippen molar-refractivity contribution in [2.75, 3.05) is 13.2 Å². The highest BCUT2D eigenvalue weighted by molar-refractivity contribution is 7.92. The Morgan fingerprint density at radius 3 is 2.50 bits per heavy atom. The van der Waals surface area contributed by atoms with E-state index in [1.54, 1.807) is 24.3 Å². The van der Waals surface area contributed by atoms with Gasteiger partial charge in [0, 0.05) is 0 Å². The van der Waals surface area contributed by atoms with E-state index in [1.165, 1.54) is 0 Å². The summed E-state index contributed by atoms with van der Waals surface area (Å²) in [6.07, 6.45) is 1.33. The fourth-order valence-corrected chi connectivity index (χ4v) is 5.51. The van der Waals surface area contributed by atoms with E-state index in [0.29, 0.717) is 18.1 Å². The van der Waals surface area contributed by atoms with E-state index in [0.717, 1.165) is 12.8 Å². The number of fused-ring (bicyclic) bond motifs is 1.